The van der Waals surface area contributed by atoms with Crippen LogP contribution in [0.4, 0.5) is 13.2 Å². The van der Waals surface area contributed by atoms with E-state index in [4.69, 9.17) is 11.6 Å². The average molecular weight is 1450 g/mol. The zero-order valence-electron chi connectivity index (χ0n) is 62.5. The van der Waals surface area contributed by atoms with Gasteiger partial charge in [0.05, 0.1) is 18.9 Å². The number of alkyl halides is 4. The van der Waals surface area contributed by atoms with Crippen molar-refractivity contribution in [2.75, 3.05) is 75.5 Å². The summed E-state index contributed by atoms with van der Waals surface area (Å²) in [4.78, 5) is 192. The standard InChI is InChI=1S/C73H118ClF3N12O12/c1-16-26-53-63(93)80-72(34-22-23-35-72)71(101)87(15)61(45(5)6)70(100)86(14)57(68(98)88-36-24-19-25-37-88)42-59(91)83(11)55(39-44(3)4)62(92)79-60(46(7)17-2)69(99)82(10)47(8)64(94)89-38-33-54(89)67(97)85(13)56(41-48-27-20-18-21-28-48)66(96)81(9)43-58(90)78-52(65(95)84(53)12)32-30-49-29-31-50(51(74)40-49)73(75,76)77/h16,44-57,60-61H,1,17-43H2,2-15H3,(H,78,90)(H,79,92)(H,80,93)/t46-,47-,49?,50?,51?,52-,53-,54-,55-,56-,57-,60-,61-/m0/s1. The Morgan fingerprint density at radius 3 is 1.81 bits per heavy atom. The molecule has 3 aliphatic carbocycles. The molecule has 3 unspecified atom stereocenters. The molecule has 13 atom stereocenters. The number of amides is 12. The molecular formula is C73H118ClF3N12O12. The van der Waals surface area contributed by atoms with Crippen LogP contribution >= 0.6 is 11.6 Å². The average Bonchev–Trinajstić information content (AvgIpc) is 1.71. The lowest BCUT2D eigenvalue weighted by Gasteiger charge is -2.45. The fourth-order valence-corrected chi connectivity index (χ4v) is 16.5. The summed E-state index contributed by atoms with van der Waals surface area (Å²) in [5.41, 5.74) is -1.63. The Morgan fingerprint density at radius 2 is 1.26 bits per heavy atom. The van der Waals surface area contributed by atoms with Crippen LogP contribution in [0.1, 0.15) is 196 Å². The summed E-state index contributed by atoms with van der Waals surface area (Å²) >= 11 is 6.40. The topological polar surface area (TPSA) is 270 Å². The molecule has 28 heteroatoms. The summed E-state index contributed by atoms with van der Waals surface area (Å²) < 4.78 is 42.1. The van der Waals surface area contributed by atoms with Gasteiger partial charge in [0.1, 0.15) is 59.9 Å². The molecule has 12 amide bonds. The van der Waals surface area contributed by atoms with Crippen molar-refractivity contribution in [3.05, 3.63) is 12.7 Å². The lowest BCUT2D eigenvalue weighted by Crippen LogP contribution is -2.65. The number of nitrogens with zero attached hydrogens (tertiary/aromatic N) is 9. The molecule has 0 aromatic carbocycles. The fraction of sp³-hybridized carbons (Fsp3) is 0.808. The van der Waals surface area contributed by atoms with Crippen molar-refractivity contribution >= 4 is 82.5 Å². The van der Waals surface area contributed by atoms with E-state index in [1.165, 1.54) is 91.7 Å². The summed E-state index contributed by atoms with van der Waals surface area (Å²) in [5.74, 6) is -11.2. The normalized spacial score (nSPS) is 30.2. The van der Waals surface area contributed by atoms with Crippen molar-refractivity contribution in [1.82, 2.24) is 60.0 Å². The van der Waals surface area contributed by atoms with Crippen LogP contribution in [0.2, 0.25) is 0 Å². The molecule has 0 radical (unpaired) electrons. The predicted octanol–water partition coefficient (Wildman–Crippen LogP) is 6.50. The third-order valence-corrected chi connectivity index (χ3v) is 23.4. The lowest BCUT2D eigenvalue weighted by atomic mass is 9.78. The maximum absolute atomic E-state index is 15.5. The van der Waals surface area contributed by atoms with Crippen LogP contribution in [0.25, 0.3) is 0 Å². The van der Waals surface area contributed by atoms with Gasteiger partial charge in [0.25, 0.3) is 0 Å². The van der Waals surface area contributed by atoms with E-state index in [9.17, 15) is 41.9 Å². The van der Waals surface area contributed by atoms with Gasteiger partial charge in [0.15, 0.2) is 0 Å². The number of likely N-dealkylation sites (N-methyl/N-ethyl adjacent to an activating group) is 7. The van der Waals surface area contributed by atoms with Crippen LogP contribution in [0, 0.1) is 35.5 Å². The highest BCUT2D eigenvalue weighted by atomic mass is 35.5. The van der Waals surface area contributed by atoms with E-state index in [-0.39, 0.29) is 89.0 Å². The van der Waals surface area contributed by atoms with Crippen LogP contribution in [-0.4, -0.2) is 262 Å². The van der Waals surface area contributed by atoms with Crippen molar-refractivity contribution < 1.29 is 70.7 Å². The first-order valence-corrected chi connectivity index (χ1v) is 37.5. The Bertz CT molecular complexity index is 2960. The molecule has 0 aromatic heterocycles. The molecule has 101 heavy (non-hydrogen) atoms. The Morgan fingerprint density at radius 1 is 0.644 bits per heavy atom. The Kier molecular flexibility index (Phi) is 30.3. The molecule has 6 aliphatic rings. The molecular weight excluding hydrogens is 1330 g/mol. The summed E-state index contributed by atoms with van der Waals surface area (Å²) in [6.45, 7) is 16.5. The molecule has 570 valence electrons. The number of nitrogens with one attached hydrogen (secondary N) is 3. The number of fused-ring (bicyclic) bond motifs is 1. The van der Waals surface area contributed by atoms with Crippen LogP contribution in [0.3, 0.4) is 0 Å². The van der Waals surface area contributed by atoms with Crippen molar-refractivity contribution in [2.24, 2.45) is 35.5 Å². The molecule has 3 saturated carbocycles. The minimum atomic E-state index is -4.52. The van der Waals surface area contributed by atoms with Gasteiger partial charge < -0.3 is 60.0 Å². The van der Waals surface area contributed by atoms with Crippen LogP contribution in [-0.2, 0) is 57.5 Å². The van der Waals surface area contributed by atoms with Crippen LogP contribution in [0.15, 0.2) is 12.7 Å². The van der Waals surface area contributed by atoms with Gasteiger partial charge in [0.2, 0.25) is 70.9 Å². The van der Waals surface area contributed by atoms with E-state index in [2.05, 4.69) is 22.5 Å². The summed E-state index contributed by atoms with van der Waals surface area (Å²) in [7, 11) is 9.95. The smallest absolute Gasteiger partial charge is 0.343 e. The summed E-state index contributed by atoms with van der Waals surface area (Å²) in [6, 6.07) is -11.2. The SMILES string of the molecule is C=CC[C@H]1C(=O)NC2(CCCC2)C(=O)N(C)[C@@H](C(C)C)C(=O)N(C)[C@H](C(=O)N2CCCCC2)CC(=O)N(C)[C@@H](CC(C)C)C(=O)N[C@@H]([C@@H](C)CC)C(=O)N(C)[C@@H](C)C(=O)N2CC[C@H]2C(=O)N(C)[C@@H](CC2CCCCC2)C(=O)N(C)CC(=O)N[C@@H](CCC2CCC(C(F)(F)F)C(Cl)C2)C(=O)N1C. The number of hydrogen-bond donors (Lipinski definition) is 3. The summed E-state index contributed by atoms with van der Waals surface area (Å²) in [6.07, 6.45) is 4.86. The number of hydrogen-bond acceptors (Lipinski definition) is 12. The van der Waals surface area contributed by atoms with Gasteiger partial charge in [-0.3, -0.25) is 57.5 Å². The third-order valence-electron chi connectivity index (χ3n) is 22.9. The second kappa shape index (κ2) is 36.7. The fourth-order valence-electron chi connectivity index (χ4n) is 16.0. The molecule has 6 rings (SSSR count). The zero-order chi connectivity index (χ0) is 75.3. The van der Waals surface area contributed by atoms with Crippen molar-refractivity contribution in [3.8, 4) is 0 Å². The minimum Gasteiger partial charge on any atom is -0.343 e. The first-order valence-electron chi connectivity index (χ1n) is 37.1. The minimum absolute atomic E-state index is 0.0236. The van der Waals surface area contributed by atoms with E-state index < -0.39 is 179 Å². The van der Waals surface area contributed by atoms with Crippen LogP contribution in [0.5, 0.6) is 0 Å². The van der Waals surface area contributed by atoms with E-state index >= 15 is 28.8 Å². The largest absolute Gasteiger partial charge is 0.393 e. The van der Waals surface area contributed by atoms with Gasteiger partial charge >= 0.3 is 6.18 Å². The molecule has 0 bridgehead atoms. The molecule has 0 aromatic rings. The number of piperidine rings is 1. The van der Waals surface area contributed by atoms with Crippen molar-refractivity contribution in [1.29, 1.82) is 0 Å². The zero-order valence-corrected chi connectivity index (χ0v) is 63.3. The van der Waals surface area contributed by atoms with Crippen molar-refractivity contribution in [2.45, 2.75) is 268 Å². The molecule has 6 fully saturated rings. The van der Waals surface area contributed by atoms with E-state index in [0.29, 0.717) is 45.2 Å². The Balaban J connectivity index is 1.44. The lowest BCUT2D eigenvalue weighted by molar-refractivity contribution is -0.182. The van der Waals surface area contributed by atoms with Gasteiger partial charge in [-0.15, -0.1) is 18.2 Å². The quantitative estimate of drug-likeness (QED) is 0.132. The monoisotopic (exact) mass is 1450 g/mol. The first kappa shape index (κ1) is 83.4. The van der Waals surface area contributed by atoms with Gasteiger partial charge in [-0.05, 0) is 126 Å². The van der Waals surface area contributed by atoms with Gasteiger partial charge in [-0.1, -0.05) is 99.0 Å². The molecule has 3 aliphatic heterocycles. The number of halogens is 4. The summed E-state index contributed by atoms with van der Waals surface area (Å²) in [5, 5.41) is 7.49. The Hall–Kier alpha value is -6.54. The highest BCUT2D eigenvalue weighted by Crippen LogP contribution is 2.44. The van der Waals surface area contributed by atoms with E-state index in [1.807, 2.05) is 20.8 Å². The second-order valence-electron chi connectivity index (χ2n) is 30.9. The van der Waals surface area contributed by atoms with E-state index in [0.717, 1.165) is 48.3 Å². The van der Waals surface area contributed by atoms with Gasteiger partial charge in [-0.25, -0.2) is 0 Å². The highest BCUT2D eigenvalue weighted by molar-refractivity contribution is 6.21. The third kappa shape index (κ3) is 20.5. The number of rotatable bonds is 13. The number of carbonyl (C=O) groups excluding carboxylic acids is 12. The second-order valence-corrected chi connectivity index (χ2v) is 31.4. The molecule has 3 heterocycles. The van der Waals surface area contributed by atoms with Gasteiger partial charge in [-0.2, -0.15) is 13.2 Å². The molecule has 1 spiro atoms. The predicted molar refractivity (Wildman–Crippen MR) is 377 cm³/mol. The van der Waals surface area contributed by atoms with E-state index in [1.54, 1.807) is 25.7 Å². The highest BCUT2D eigenvalue weighted by Gasteiger charge is 2.52. The molecule has 24 nitrogen and oxygen atoms in total. The first-order chi connectivity index (χ1) is 47.4. The Labute approximate surface area is 602 Å². The number of likely N-dealkylation sites (tertiary alicyclic amines) is 1. The maximum atomic E-state index is 15.5. The molecule has 3 saturated heterocycles. The number of carbonyl (C=O) groups is 12. The van der Waals surface area contributed by atoms with Crippen LogP contribution < -0.4 is 16.0 Å². The molecule has 3 N–H and O–H groups in total. The van der Waals surface area contributed by atoms with Gasteiger partial charge in [0, 0.05) is 74.3 Å². The van der Waals surface area contributed by atoms with Crippen molar-refractivity contribution in [3.63, 3.8) is 0 Å². The maximum Gasteiger partial charge on any atom is 0.393 e.